The van der Waals surface area contributed by atoms with Crippen molar-refractivity contribution in [2.75, 3.05) is 0 Å². The standard InChI is InChI=1S/C24H32Cl2N2O3S/c1-3-12-24(13-4-2)22(27)11-9-17-6-5-7-18(23(17)24)21(28-32(29,30)31)15-16-8-10-19(25)20(26)14-16/h5-8,10,14,21-22,28H,3-4,9,11-13,15,27H2,1-2H3,(H,29,30,31). The summed E-state index contributed by atoms with van der Waals surface area (Å²) in [6, 6.07) is 10.6. The molecule has 2 aromatic carbocycles. The molecule has 5 nitrogen and oxygen atoms in total. The number of benzene rings is 2. The van der Waals surface area contributed by atoms with Crippen molar-refractivity contribution in [2.45, 2.75) is 76.3 Å². The predicted molar refractivity (Wildman–Crippen MR) is 132 cm³/mol. The zero-order valence-electron chi connectivity index (χ0n) is 18.6. The molecule has 0 bridgehead atoms. The zero-order chi connectivity index (χ0) is 23.5. The van der Waals surface area contributed by atoms with E-state index in [9.17, 15) is 13.0 Å². The number of nitrogens with one attached hydrogen (secondary N) is 1. The van der Waals surface area contributed by atoms with Crippen LogP contribution >= 0.6 is 23.2 Å². The molecule has 0 heterocycles. The highest BCUT2D eigenvalue weighted by molar-refractivity contribution is 7.83. The number of rotatable bonds is 9. The van der Waals surface area contributed by atoms with Crippen LogP contribution in [0.3, 0.4) is 0 Å². The van der Waals surface area contributed by atoms with Crippen LogP contribution in [-0.2, 0) is 28.6 Å². The highest BCUT2D eigenvalue weighted by Gasteiger charge is 2.43. The van der Waals surface area contributed by atoms with Crippen LogP contribution < -0.4 is 10.5 Å². The first-order valence-electron chi connectivity index (χ1n) is 11.2. The Morgan fingerprint density at radius 1 is 1.16 bits per heavy atom. The molecule has 0 saturated carbocycles. The second kappa shape index (κ2) is 10.4. The van der Waals surface area contributed by atoms with Gasteiger partial charge in [-0.25, -0.2) is 0 Å². The molecular weight excluding hydrogens is 467 g/mol. The van der Waals surface area contributed by atoms with E-state index in [1.54, 1.807) is 12.1 Å². The Kier molecular flexibility index (Phi) is 8.29. The summed E-state index contributed by atoms with van der Waals surface area (Å²) in [7, 11) is -4.45. The molecule has 8 heteroatoms. The third kappa shape index (κ3) is 5.49. The molecule has 0 spiro atoms. The maximum absolute atomic E-state index is 11.9. The fourth-order valence-corrected chi connectivity index (χ4v) is 6.32. The van der Waals surface area contributed by atoms with E-state index >= 15 is 0 Å². The van der Waals surface area contributed by atoms with Crippen molar-refractivity contribution in [2.24, 2.45) is 5.73 Å². The van der Waals surface area contributed by atoms with Crippen LogP contribution in [0, 0.1) is 0 Å². The topological polar surface area (TPSA) is 92.4 Å². The second-order valence-electron chi connectivity index (χ2n) is 8.78. The Hall–Kier alpha value is -1.15. The van der Waals surface area contributed by atoms with Crippen LogP contribution in [0.15, 0.2) is 36.4 Å². The molecule has 0 radical (unpaired) electrons. The maximum atomic E-state index is 11.9. The number of hydrogen-bond acceptors (Lipinski definition) is 3. The van der Waals surface area contributed by atoms with Crippen LogP contribution in [0.4, 0.5) is 0 Å². The Bertz CT molecular complexity index is 1050. The lowest BCUT2D eigenvalue weighted by atomic mass is 9.60. The molecule has 4 N–H and O–H groups in total. The molecule has 176 valence electrons. The Labute approximate surface area is 201 Å². The molecule has 32 heavy (non-hydrogen) atoms. The van der Waals surface area contributed by atoms with Crippen LogP contribution in [0.25, 0.3) is 0 Å². The first-order chi connectivity index (χ1) is 15.1. The SMILES string of the molecule is CCCC1(CCC)c2c(cccc2C(Cc2ccc(Cl)c(Cl)c2)NS(=O)(=O)O)CCC1N. The lowest BCUT2D eigenvalue weighted by molar-refractivity contribution is 0.257. The first-order valence-corrected chi connectivity index (χ1v) is 13.4. The van der Waals surface area contributed by atoms with Gasteiger partial charge in [0.1, 0.15) is 0 Å². The first kappa shape index (κ1) is 25.5. The van der Waals surface area contributed by atoms with E-state index in [-0.39, 0.29) is 11.5 Å². The normalized spacial score (nSPS) is 18.9. The van der Waals surface area contributed by atoms with Gasteiger partial charge in [-0.1, -0.05) is 74.2 Å². The zero-order valence-corrected chi connectivity index (χ0v) is 20.9. The summed E-state index contributed by atoms with van der Waals surface area (Å²) in [6.45, 7) is 4.31. The van der Waals surface area contributed by atoms with Gasteiger partial charge in [0, 0.05) is 11.5 Å². The minimum absolute atomic E-state index is 0.00703. The van der Waals surface area contributed by atoms with Gasteiger partial charge in [-0.2, -0.15) is 13.1 Å². The van der Waals surface area contributed by atoms with Crippen molar-refractivity contribution in [3.8, 4) is 0 Å². The summed E-state index contributed by atoms with van der Waals surface area (Å²) in [4.78, 5) is 0. The van der Waals surface area contributed by atoms with E-state index < -0.39 is 16.3 Å². The van der Waals surface area contributed by atoms with Crippen LogP contribution in [-0.4, -0.2) is 19.0 Å². The van der Waals surface area contributed by atoms with Crippen molar-refractivity contribution in [1.82, 2.24) is 4.72 Å². The van der Waals surface area contributed by atoms with E-state index in [1.165, 1.54) is 5.56 Å². The molecule has 2 aromatic rings. The van der Waals surface area contributed by atoms with Gasteiger partial charge >= 0.3 is 10.3 Å². The average Bonchev–Trinajstić information content (AvgIpc) is 2.72. The third-order valence-electron chi connectivity index (χ3n) is 6.60. The second-order valence-corrected chi connectivity index (χ2v) is 10.8. The minimum Gasteiger partial charge on any atom is -0.327 e. The maximum Gasteiger partial charge on any atom is 0.333 e. The average molecular weight is 500 g/mol. The van der Waals surface area contributed by atoms with Gasteiger partial charge < -0.3 is 5.73 Å². The number of hydrogen-bond donors (Lipinski definition) is 3. The molecule has 0 aromatic heterocycles. The molecule has 0 aliphatic heterocycles. The van der Waals surface area contributed by atoms with Crippen molar-refractivity contribution in [1.29, 1.82) is 0 Å². The number of aryl methyl sites for hydroxylation is 1. The molecule has 2 unspecified atom stereocenters. The third-order valence-corrected chi connectivity index (χ3v) is 7.92. The van der Waals surface area contributed by atoms with Crippen molar-refractivity contribution < 1.29 is 13.0 Å². The van der Waals surface area contributed by atoms with E-state index in [0.717, 1.165) is 55.2 Å². The van der Waals surface area contributed by atoms with Gasteiger partial charge in [0.25, 0.3) is 0 Å². The molecule has 1 aliphatic carbocycles. The smallest absolute Gasteiger partial charge is 0.327 e. The lowest BCUT2D eigenvalue weighted by Gasteiger charge is -2.46. The summed E-state index contributed by atoms with van der Waals surface area (Å²) >= 11 is 12.3. The van der Waals surface area contributed by atoms with Crippen LogP contribution in [0.5, 0.6) is 0 Å². The van der Waals surface area contributed by atoms with E-state index in [2.05, 4.69) is 24.6 Å². The summed E-state index contributed by atoms with van der Waals surface area (Å²) in [5.41, 5.74) is 10.6. The van der Waals surface area contributed by atoms with E-state index in [1.807, 2.05) is 18.2 Å². The largest absolute Gasteiger partial charge is 0.333 e. The number of halogens is 2. The van der Waals surface area contributed by atoms with Gasteiger partial charge in [0.15, 0.2) is 0 Å². The predicted octanol–water partition coefficient (Wildman–Crippen LogP) is 5.78. The number of fused-ring (bicyclic) bond motifs is 1. The van der Waals surface area contributed by atoms with Crippen LogP contribution in [0.1, 0.15) is 74.2 Å². The van der Waals surface area contributed by atoms with Gasteiger partial charge in [-0.05, 0) is 66.5 Å². The fourth-order valence-electron chi connectivity index (χ4n) is 5.43. The summed E-state index contributed by atoms with van der Waals surface area (Å²) in [5.74, 6) is 0. The molecule has 1 aliphatic rings. The summed E-state index contributed by atoms with van der Waals surface area (Å²) in [5, 5.41) is 0.834. The molecule has 0 amide bonds. The summed E-state index contributed by atoms with van der Waals surface area (Å²) < 4.78 is 36.0. The van der Waals surface area contributed by atoms with Crippen molar-refractivity contribution in [3.05, 3.63) is 68.7 Å². The van der Waals surface area contributed by atoms with Gasteiger partial charge in [-0.3, -0.25) is 4.55 Å². The fraction of sp³-hybridized carbons (Fsp3) is 0.500. The Balaban J connectivity index is 2.18. The molecule has 0 saturated heterocycles. The molecule has 2 atom stereocenters. The minimum atomic E-state index is -4.45. The van der Waals surface area contributed by atoms with Crippen molar-refractivity contribution >= 4 is 33.5 Å². The quantitative estimate of drug-likeness (QED) is 0.382. The van der Waals surface area contributed by atoms with E-state index in [4.69, 9.17) is 28.9 Å². The van der Waals surface area contributed by atoms with E-state index in [0.29, 0.717) is 16.5 Å². The highest BCUT2D eigenvalue weighted by Crippen LogP contribution is 2.47. The highest BCUT2D eigenvalue weighted by atomic mass is 35.5. The van der Waals surface area contributed by atoms with Crippen molar-refractivity contribution in [3.63, 3.8) is 0 Å². The van der Waals surface area contributed by atoms with Gasteiger partial charge in [0.2, 0.25) is 0 Å². The number of nitrogens with two attached hydrogens (primary N) is 1. The molecule has 0 fully saturated rings. The molecular formula is C24H32Cl2N2O3S. The van der Waals surface area contributed by atoms with Gasteiger partial charge in [-0.15, -0.1) is 0 Å². The lowest BCUT2D eigenvalue weighted by Crippen LogP contribution is -2.50. The Morgan fingerprint density at radius 3 is 2.44 bits per heavy atom. The van der Waals surface area contributed by atoms with Crippen LogP contribution in [0.2, 0.25) is 10.0 Å². The van der Waals surface area contributed by atoms with Gasteiger partial charge in [0.05, 0.1) is 16.1 Å². The monoisotopic (exact) mass is 498 g/mol. The summed E-state index contributed by atoms with van der Waals surface area (Å²) in [6.07, 6.45) is 5.88. The Morgan fingerprint density at radius 2 is 1.84 bits per heavy atom. The molecule has 3 rings (SSSR count).